The van der Waals surface area contributed by atoms with Gasteiger partial charge in [0.15, 0.2) is 5.96 Å². The molecule has 2 aromatic rings. The van der Waals surface area contributed by atoms with Gasteiger partial charge in [-0.3, -0.25) is 9.69 Å². The van der Waals surface area contributed by atoms with Gasteiger partial charge >= 0.3 is 0 Å². The summed E-state index contributed by atoms with van der Waals surface area (Å²) >= 11 is 0. The van der Waals surface area contributed by atoms with E-state index in [0.717, 1.165) is 38.0 Å². The predicted octanol–water partition coefficient (Wildman–Crippen LogP) is 3.54. The average Bonchev–Trinajstić information content (AvgIpc) is 2.79. The minimum absolute atomic E-state index is 0. The Labute approximate surface area is 213 Å². The maximum absolute atomic E-state index is 13.9. The fourth-order valence-electron chi connectivity index (χ4n) is 3.65. The van der Waals surface area contributed by atoms with Crippen molar-refractivity contribution >= 4 is 35.8 Å². The molecular formula is C25H35FIN5O. The Hall–Kier alpha value is -2.20. The van der Waals surface area contributed by atoms with Crippen molar-refractivity contribution in [1.82, 2.24) is 20.4 Å². The number of amides is 1. The van der Waals surface area contributed by atoms with E-state index in [2.05, 4.69) is 44.8 Å². The van der Waals surface area contributed by atoms with Crippen LogP contribution in [0, 0.1) is 12.7 Å². The number of rotatable bonds is 7. The first-order valence-corrected chi connectivity index (χ1v) is 11.2. The Balaban J connectivity index is 0.00000385. The number of likely N-dealkylation sites (tertiary alicyclic amines) is 1. The van der Waals surface area contributed by atoms with Gasteiger partial charge in [0.1, 0.15) is 5.82 Å². The van der Waals surface area contributed by atoms with E-state index in [1.807, 2.05) is 12.1 Å². The number of benzene rings is 2. The van der Waals surface area contributed by atoms with E-state index in [-0.39, 0.29) is 48.3 Å². The summed E-state index contributed by atoms with van der Waals surface area (Å²) in [5, 5.41) is 6.61. The zero-order chi connectivity index (χ0) is 22.9. The van der Waals surface area contributed by atoms with E-state index < -0.39 is 0 Å². The fraction of sp³-hybridized carbons (Fsp3) is 0.440. The number of aliphatic imine (C=N–C) groups is 1. The van der Waals surface area contributed by atoms with Crippen LogP contribution in [0.25, 0.3) is 0 Å². The Bertz CT molecular complexity index is 914. The summed E-state index contributed by atoms with van der Waals surface area (Å²) in [5.74, 6) is 0.329. The number of aryl methyl sites for hydroxylation is 1. The highest BCUT2D eigenvalue weighted by Crippen LogP contribution is 2.14. The molecule has 0 radical (unpaired) electrons. The van der Waals surface area contributed by atoms with Crippen molar-refractivity contribution in [2.24, 2.45) is 4.99 Å². The van der Waals surface area contributed by atoms with Crippen LogP contribution in [0.2, 0.25) is 0 Å². The largest absolute Gasteiger partial charge is 0.354 e. The number of hydrogen-bond donors (Lipinski definition) is 2. The Morgan fingerprint density at radius 2 is 1.82 bits per heavy atom. The number of hydrogen-bond acceptors (Lipinski definition) is 3. The first-order valence-electron chi connectivity index (χ1n) is 11.2. The lowest BCUT2D eigenvalue weighted by atomic mass is 10.0. The van der Waals surface area contributed by atoms with E-state index in [4.69, 9.17) is 0 Å². The maximum atomic E-state index is 13.9. The van der Waals surface area contributed by atoms with Crippen LogP contribution in [0.4, 0.5) is 4.39 Å². The highest BCUT2D eigenvalue weighted by atomic mass is 127. The topological polar surface area (TPSA) is 60.0 Å². The first-order chi connectivity index (χ1) is 15.4. The van der Waals surface area contributed by atoms with Crippen LogP contribution in [-0.4, -0.2) is 61.4 Å². The lowest BCUT2D eigenvalue weighted by molar-refractivity contribution is -0.127. The highest BCUT2D eigenvalue weighted by molar-refractivity contribution is 14.0. The van der Waals surface area contributed by atoms with Gasteiger partial charge in [-0.25, -0.2) is 9.38 Å². The molecular weight excluding hydrogens is 532 g/mol. The molecule has 0 aliphatic carbocycles. The van der Waals surface area contributed by atoms with Gasteiger partial charge in [-0.15, -0.1) is 24.0 Å². The second-order valence-corrected chi connectivity index (χ2v) is 8.57. The van der Waals surface area contributed by atoms with Crippen LogP contribution in [-0.2, 0) is 17.9 Å². The van der Waals surface area contributed by atoms with E-state index in [1.165, 1.54) is 11.6 Å². The first kappa shape index (κ1) is 27.0. The number of carbonyl (C=O) groups is 1. The standard InChI is InChI=1S/C25H34FN5O.HI/c1-19-9-10-21(15-23(19)26)16-27-25(28-17-24(32)30(2)3)29-22-11-13-31(14-12-22)18-20-7-5-4-6-8-20;/h4-10,15,22H,11-14,16-18H2,1-3H3,(H2,27,28,29);1H. The van der Waals surface area contributed by atoms with Crippen molar-refractivity contribution in [3.63, 3.8) is 0 Å². The summed E-state index contributed by atoms with van der Waals surface area (Å²) in [7, 11) is 3.46. The van der Waals surface area contributed by atoms with Gasteiger partial charge in [0.05, 0.1) is 13.1 Å². The van der Waals surface area contributed by atoms with Crippen molar-refractivity contribution in [1.29, 1.82) is 0 Å². The minimum atomic E-state index is -0.228. The normalized spacial score (nSPS) is 15.0. The number of nitrogens with one attached hydrogen (secondary N) is 2. The van der Waals surface area contributed by atoms with E-state index in [1.54, 1.807) is 32.0 Å². The third kappa shape index (κ3) is 8.92. The molecule has 0 aromatic heterocycles. The smallest absolute Gasteiger partial charge is 0.241 e. The summed E-state index contributed by atoms with van der Waals surface area (Å²) in [6.07, 6.45) is 1.99. The van der Waals surface area contributed by atoms with Crippen LogP contribution in [0.3, 0.4) is 0 Å². The predicted molar refractivity (Wildman–Crippen MR) is 142 cm³/mol. The highest BCUT2D eigenvalue weighted by Gasteiger charge is 2.20. The van der Waals surface area contributed by atoms with Gasteiger partial charge in [0.25, 0.3) is 0 Å². The second kappa shape index (κ2) is 13.5. The summed E-state index contributed by atoms with van der Waals surface area (Å²) < 4.78 is 13.9. The van der Waals surface area contributed by atoms with Gasteiger partial charge in [0.2, 0.25) is 5.91 Å². The third-order valence-electron chi connectivity index (χ3n) is 5.74. The number of likely N-dealkylation sites (N-methyl/N-ethyl adjacent to an activating group) is 1. The van der Waals surface area contributed by atoms with E-state index in [9.17, 15) is 9.18 Å². The number of guanidine groups is 1. The number of piperidine rings is 1. The molecule has 1 aliphatic heterocycles. The monoisotopic (exact) mass is 567 g/mol. The molecule has 180 valence electrons. The molecule has 0 spiro atoms. The van der Waals surface area contributed by atoms with Crippen LogP contribution < -0.4 is 10.6 Å². The molecule has 3 rings (SSSR count). The third-order valence-corrected chi connectivity index (χ3v) is 5.74. The maximum Gasteiger partial charge on any atom is 0.241 e. The Kier molecular flexibility index (Phi) is 11.1. The zero-order valence-electron chi connectivity index (χ0n) is 19.7. The molecule has 1 saturated heterocycles. The molecule has 1 fully saturated rings. The molecule has 1 amide bonds. The Morgan fingerprint density at radius 3 is 2.45 bits per heavy atom. The van der Waals surface area contributed by atoms with Crippen molar-refractivity contribution in [3.05, 3.63) is 71.0 Å². The lowest BCUT2D eigenvalue weighted by Crippen LogP contribution is -2.50. The summed E-state index contributed by atoms with van der Waals surface area (Å²) in [6, 6.07) is 16.0. The average molecular weight is 567 g/mol. The van der Waals surface area contributed by atoms with E-state index >= 15 is 0 Å². The van der Waals surface area contributed by atoms with E-state index in [0.29, 0.717) is 18.1 Å². The molecule has 2 aromatic carbocycles. The van der Waals surface area contributed by atoms with Crippen LogP contribution in [0.5, 0.6) is 0 Å². The SMILES string of the molecule is Cc1ccc(CN=C(NCC(=O)N(C)C)NC2CCN(Cc3ccccc3)CC2)cc1F.I. The summed E-state index contributed by atoms with van der Waals surface area (Å²) in [6.45, 7) is 5.21. The molecule has 1 heterocycles. The number of halogens is 2. The number of carbonyl (C=O) groups excluding carboxylic acids is 1. The number of nitrogens with zero attached hydrogens (tertiary/aromatic N) is 3. The van der Waals surface area contributed by atoms with Gasteiger partial charge < -0.3 is 15.5 Å². The van der Waals surface area contributed by atoms with Crippen molar-refractivity contribution < 1.29 is 9.18 Å². The molecule has 33 heavy (non-hydrogen) atoms. The molecule has 6 nitrogen and oxygen atoms in total. The van der Waals surface area contributed by atoms with Gasteiger partial charge in [-0.05, 0) is 42.5 Å². The zero-order valence-corrected chi connectivity index (χ0v) is 22.0. The minimum Gasteiger partial charge on any atom is -0.354 e. The van der Waals surface area contributed by atoms with Crippen molar-refractivity contribution in [2.75, 3.05) is 33.7 Å². The van der Waals surface area contributed by atoms with Gasteiger partial charge in [-0.1, -0.05) is 42.5 Å². The lowest BCUT2D eigenvalue weighted by Gasteiger charge is -2.33. The molecule has 2 N–H and O–H groups in total. The fourth-order valence-corrected chi connectivity index (χ4v) is 3.65. The summed E-state index contributed by atoms with van der Waals surface area (Å²) in [5.41, 5.74) is 2.74. The summed E-state index contributed by atoms with van der Waals surface area (Å²) in [4.78, 5) is 20.7. The van der Waals surface area contributed by atoms with Gasteiger partial charge in [-0.2, -0.15) is 0 Å². The van der Waals surface area contributed by atoms with Crippen LogP contribution in [0.1, 0.15) is 29.5 Å². The Morgan fingerprint density at radius 1 is 1.12 bits per heavy atom. The molecule has 0 bridgehead atoms. The molecule has 0 saturated carbocycles. The van der Waals surface area contributed by atoms with Crippen molar-refractivity contribution in [2.45, 2.75) is 38.9 Å². The van der Waals surface area contributed by atoms with Crippen LogP contribution in [0.15, 0.2) is 53.5 Å². The van der Waals surface area contributed by atoms with Crippen LogP contribution >= 0.6 is 24.0 Å². The quantitative estimate of drug-likeness (QED) is 0.306. The van der Waals surface area contributed by atoms with Crippen molar-refractivity contribution in [3.8, 4) is 0 Å². The molecule has 0 atom stereocenters. The van der Waals surface area contributed by atoms with Gasteiger partial charge in [0, 0.05) is 39.8 Å². The second-order valence-electron chi connectivity index (χ2n) is 8.57. The molecule has 1 aliphatic rings. The molecule has 0 unspecified atom stereocenters. The molecule has 8 heteroatoms.